The van der Waals surface area contributed by atoms with Crippen LogP contribution in [0, 0.1) is 0 Å². The van der Waals surface area contributed by atoms with Gasteiger partial charge in [-0.2, -0.15) is 0 Å². The summed E-state index contributed by atoms with van der Waals surface area (Å²) < 4.78 is 0. The van der Waals surface area contributed by atoms with Gasteiger partial charge in [0.25, 0.3) is 0 Å². The van der Waals surface area contributed by atoms with Crippen LogP contribution < -0.4 is 5.73 Å². The van der Waals surface area contributed by atoms with E-state index in [1.165, 1.54) is 5.56 Å². The summed E-state index contributed by atoms with van der Waals surface area (Å²) in [5, 5.41) is 9.04. The standard InChI is InChI=1S/C15H19N3O/c1-2-3-11-4-6-12(7-5-11)14-8-9-17-15(18-14)13(16)10-19/h4-9,13,19H,2-3,10,16H2,1H3. The number of benzene rings is 1. The molecule has 2 rings (SSSR count). The molecule has 0 spiro atoms. The van der Waals surface area contributed by atoms with Gasteiger partial charge in [-0.05, 0) is 18.1 Å². The fraction of sp³-hybridized carbons (Fsp3) is 0.333. The van der Waals surface area contributed by atoms with Crippen LogP contribution in [0.15, 0.2) is 36.5 Å². The lowest BCUT2D eigenvalue weighted by molar-refractivity contribution is 0.263. The molecular weight excluding hydrogens is 238 g/mol. The highest BCUT2D eigenvalue weighted by Gasteiger charge is 2.09. The number of nitrogens with zero attached hydrogens (tertiary/aromatic N) is 2. The molecule has 0 aliphatic heterocycles. The zero-order valence-corrected chi connectivity index (χ0v) is 11.1. The Balaban J connectivity index is 2.26. The average Bonchev–Trinajstić information content (AvgIpc) is 2.48. The van der Waals surface area contributed by atoms with Gasteiger partial charge in [0.1, 0.15) is 5.82 Å². The molecule has 1 heterocycles. The number of hydrogen-bond donors (Lipinski definition) is 2. The number of nitrogens with two attached hydrogens (primary N) is 1. The Morgan fingerprint density at radius 1 is 1.21 bits per heavy atom. The van der Waals surface area contributed by atoms with E-state index < -0.39 is 6.04 Å². The van der Waals surface area contributed by atoms with Crippen molar-refractivity contribution in [1.82, 2.24) is 9.97 Å². The van der Waals surface area contributed by atoms with Crippen LogP contribution in [-0.2, 0) is 6.42 Å². The highest BCUT2D eigenvalue weighted by atomic mass is 16.3. The SMILES string of the molecule is CCCc1ccc(-c2ccnc(C(N)CO)n2)cc1. The third-order valence-corrected chi connectivity index (χ3v) is 2.99. The van der Waals surface area contributed by atoms with Crippen LogP contribution in [0.25, 0.3) is 11.3 Å². The van der Waals surface area contributed by atoms with Crippen molar-refractivity contribution >= 4 is 0 Å². The molecule has 0 bridgehead atoms. The Kier molecular flexibility index (Phi) is 4.60. The lowest BCUT2D eigenvalue weighted by atomic mass is 10.1. The van der Waals surface area contributed by atoms with Gasteiger partial charge < -0.3 is 10.8 Å². The lowest BCUT2D eigenvalue weighted by Gasteiger charge is -2.08. The van der Waals surface area contributed by atoms with Gasteiger partial charge >= 0.3 is 0 Å². The summed E-state index contributed by atoms with van der Waals surface area (Å²) >= 11 is 0. The number of rotatable bonds is 5. The molecule has 0 aliphatic carbocycles. The summed E-state index contributed by atoms with van der Waals surface area (Å²) in [4.78, 5) is 8.48. The first-order valence-electron chi connectivity index (χ1n) is 6.53. The Labute approximate surface area is 113 Å². The molecule has 0 saturated carbocycles. The van der Waals surface area contributed by atoms with Gasteiger partial charge in [0.2, 0.25) is 0 Å². The van der Waals surface area contributed by atoms with Gasteiger partial charge in [0, 0.05) is 11.8 Å². The van der Waals surface area contributed by atoms with Crippen LogP contribution in [0.2, 0.25) is 0 Å². The summed E-state index contributed by atoms with van der Waals surface area (Å²) in [7, 11) is 0. The highest BCUT2D eigenvalue weighted by Crippen LogP contribution is 2.19. The summed E-state index contributed by atoms with van der Waals surface area (Å²) in [5.41, 5.74) is 8.92. The maximum atomic E-state index is 9.04. The minimum absolute atomic E-state index is 0.154. The quantitative estimate of drug-likeness (QED) is 0.860. The second-order valence-electron chi connectivity index (χ2n) is 4.54. The molecule has 1 unspecified atom stereocenters. The van der Waals surface area contributed by atoms with Crippen molar-refractivity contribution < 1.29 is 5.11 Å². The summed E-state index contributed by atoms with van der Waals surface area (Å²) in [6.07, 6.45) is 3.90. The summed E-state index contributed by atoms with van der Waals surface area (Å²) in [6, 6.07) is 9.67. The summed E-state index contributed by atoms with van der Waals surface area (Å²) in [5.74, 6) is 0.470. The molecule has 1 aromatic carbocycles. The van der Waals surface area contributed by atoms with Crippen LogP contribution in [0.3, 0.4) is 0 Å². The molecule has 0 saturated heterocycles. The fourth-order valence-electron chi connectivity index (χ4n) is 1.93. The van der Waals surface area contributed by atoms with Gasteiger partial charge in [0.05, 0.1) is 18.3 Å². The van der Waals surface area contributed by atoms with Crippen LogP contribution >= 0.6 is 0 Å². The first kappa shape index (κ1) is 13.6. The second-order valence-corrected chi connectivity index (χ2v) is 4.54. The first-order valence-corrected chi connectivity index (χ1v) is 6.53. The molecule has 0 radical (unpaired) electrons. The molecule has 3 N–H and O–H groups in total. The second kappa shape index (κ2) is 6.41. The van der Waals surface area contributed by atoms with E-state index in [0.29, 0.717) is 5.82 Å². The predicted octanol–water partition coefficient (Wildman–Crippen LogP) is 2.09. The van der Waals surface area contributed by atoms with Crippen molar-refractivity contribution in [2.24, 2.45) is 5.73 Å². The Morgan fingerprint density at radius 2 is 1.95 bits per heavy atom. The molecule has 100 valence electrons. The van der Waals surface area contributed by atoms with E-state index in [2.05, 4.69) is 41.2 Å². The number of aliphatic hydroxyl groups is 1. The van der Waals surface area contributed by atoms with E-state index in [0.717, 1.165) is 24.1 Å². The van der Waals surface area contributed by atoms with Crippen molar-refractivity contribution in [3.8, 4) is 11.3 Å². The number of aryl methyl sites for hydroxylation is 1. The first-order chi connectivity index (χ1) is 9.24. The molecular formula is C15H19N3O. The van der Waals surface area contributed by atoms with Crippen molar-refractivity contribution in [2.75, 3.05) is 6.61 Å². The van der Waals surface area contributed by atoms with E-state index in [9.17, 15) is 0 Å². The number of aliphatic hydroxyl groups excluding tert-OH is 1. The summed E-state index contributed by atoms with van der Waals surface area (Å²) in [6.45, 7) is 2.01. The average molecular weight is 257 g/mol. The maximum Gasteiger partial charge on any atom is 0.147 e. The minimum atomic E-state index is -0.528. The van der Waals surface area contributed by atoms with E-state index >= 15 is 0 Å². The smallest absolute Gasteiger partial charge is 0.147 e. The molecule has 1 aromatic heterocycles. The minimum Gasteiger partial charge on any atom is -0.394 e. The Bertz CT molecular complexity index is 525. The largest absolute Gasteiger partial charge is 0.394 e. The van der Waals surface area contributed by atoms with E-state index in [-0.39, 0.29) is 6.61 Å². The third-order valence-electron chi connectivity index (χ3n) is 2.99. The fourth-order valence-corrected chi connectivity index (χ4v) is 1.93. The normalized spacial score (nSPS) is 12.4. The van der Waals surface area contributed by atoms with Gasteiger partial charge in [-0.25, -0.2) is 9.97 Å². The molecule has 2 aromatic rings. The molecule has 1 atom stereocenters. The highest BCUT2D eigenvalue weighted by molar-refractivity contribution is 5.59. The molecule has 0 amide bonds. The zero-order chi connectivity index (χ0) is 13.7. The topological polar surface area (TPSA) is 72.0 Å². The van der Waals surface area contributed by atoms with Crippen LogP contribution in [-0.4, -0.2) is 21.7 Å². The molecule has 0 aliphatic rings. The Morgan fingerprint density at radius 3 is 2.58 bits per heavy atom. The zero-order valence-electron chi connectivity index (χ0n) is 11.1. The van der Waals surface area contributed by atoms with E-state index in [4.69, 9.17) is 10.8 Å². The van der Waals surface area contributed by atoms with Gasteiger partial charge in [0.15, 0.2) is 0 Å². The van der Waals surface area contributed by atoms with E-state index in [1.54, 1.807) is 6.20 Å². The molecule has 4 nitrogen and oxygen atoms in total. The van der Waals surface area contributed by atoms with Gasteiger partial charge in [-0.3, -0.25) is 0 Å². The van der Waals surface area contributed by atoms with Gasteiger partial charge in [-0.1, -0.05) is 37.6 Å². The number of aromatic nitrogens is 2. The molecule has 19 heavy (non-hydrogen) atoms. The molecule has 0 fully saturated rings. The monoisotopic (exact) mass is 257 g/mol. The van der Waals surface area contributed by atoms with Crippen molar-refractivity contribution in [1.29, 1.82) is 0 Å². The predicted molar refractivity (Wildman–Crippen MR) is 75.5 cm³/mol. The third kappa shape index (κ3) is 3.36. The maximum absolute atomic E-state index is 9.04. The van der Waals surface area contributed by atoms with Crippen LogP contribution in [0.1, 0.15) is 30.8 Å². The lowest BCUT2D eigenvalue weighted by Crippen LogP contribution is -2.17. The van der Waals surface area contributed by atoms with E-state index in [1.807, 2.05) is 6.07 Å². The van der Waals surface area contributed by atoms with Crippen molar-refractivity contribution in [3.05, 3.63) is 47.9 Å². The molecule has 4 heteroatoms. The Hall–Kier alpha value is -1.78. The van der Waals surface area contributed by atoms with Crippen LogP contribution in [0.4, 0.5) is 0 Å². The van der Waals surface area contributed by atoms with Crippen LogP contribution in [0.5, 0.6) is 0 Å². The van der Waals surface area contributed by atoms with Gasteiger partial charge in [-0.15, -0.1) is 0 Å². The van der Waals surface area contributed by atoms with Crippen molar-refractivity contribution in [2.45, 2.75) is 25.8 Å². The van der Waals surface area contributed by atoms with Crippen molar-refractivity contribution in [3.63, 3.8) is 0 Å². The number of hydrogen-bond acceptors (Lipinski definition) is 4.